The minimum absolute atomic E-state index is 0. The topological polar surface area (TPSA) is 91.3 Å². The number of halogens is 3. The van der Waals surface area contributed by atoms with Crippen LogP contribution in [0.15, 0.2) is 51.9 Å². The molecule has 1 atom stereocenters. The number of aliphatic hydroxyl groups excluding tert-OH is 1. The molecular formula is C19H17BrCl2N4O3. The first-order valence-electron chi connectivity index (χ1n) is 8.60. The van der Waals surface area contributed by atoms with E-state index < -0.39 is 6.10 Å². The lowest BCUT2D eigenvalue weighted by molar-refractivity contribution is 0.139. The molecule has 10 heteroatoms. The summed E-state index contributed by atoms with van der Waals surface area (Å²) in [6.45, 7) is 0.777. The third-order valence-corrected chi connectivity index (χ3v) is 5.48. The number of rotatable bonds is 6. The Labute approximate surface area is 186 Å². The molecule has 3 heterocycles. The van der Waals surface area contributed by atoms with Gasteiger partial charge in [0.05, 0.1) is 30.6 Å². The van der Waals surface area contributed by atoms with Crippen LogP contribution in [-0.4, -0.2) is 26.9 Å². The van der Waals surface area contributed by atoms with Crippen molar-refractivity contribution in [3.05, 3.63) is 73.7 Å². The molecule has 0 fully saturated rings. The van der Waals surface area contributed by atoms with Crippen molar-refractivity contribution in [2.45, 2.75) is 19.1 Å². The molecule has 152 valence electrons. The van der Waals surface area contributed by atoms with Crippen LogP contribution in [0.5, 0.6) is 5.88 Å². The third-order valence-electron chi connectivity index (χ3n) is 4.49. The number of benzene rings is 1. The largest absolute Gasteiger partial charge is 0.475 e. The SMILES string of the molecule is Cl.O=c1[nH]nc(OCC[C@H](O)c2ccc(Cl)cc2)c(N2Cc3ncccc32)c1Br. The number of ether oxygens (including phenoxy) is 1. The highest BCUT2D eigenvalue weighted by molar-refractivity contribution is 9.10. The van der Waals surface area contributed by atoms with Crippen molar-refractivity contribution in [3.63, 3.8) is 0 Å². The molecule has 0 saturated carbocycles. The van der Waals surface area contributed by atoms with E-state index in [1.165, 1.54) is 0 Å². The Hall–Kier alpha value is -2.13. The van der Waals surface area contributed by atoms with Gasteiger partial charge < -0.3 is 14.7 Å². The fraction of sp³-hybridized carbons (Fsp3) is 0.211. The van der Waals surface area contributed by atoms with Crippen molar-refractivity contribution in [1.29, 1.82) is 0 Å². The predicted octanol–water partition coefficient (Wildman–Crippen LogP) is 4.16. The highest BCUT2D eigenvalue weighted by atomic mass is 79.9. The number of nitrogens with one attached hydrogen (secondary N) is 1. The Balaban J connectivity index is 0.00000240. The van der Waals surface area contributed by atoms with Crippen molar-refractivity contribution in [2.24, 2.45) is 0 Å². The van der Waals surface area contributed by atoms with Crippen molar-refractivity contribution in [2.75, 3.05) is 11.5 Å². The molecule has 0 aliphatic carbocycles. The summed E-state index contributed by atoms with van der Waals surface area (Å²) < 4.78 is 6.14. The van der Waals surface area contributed by atoms with Gasteiger partial charge in [0.1, 0.15) is 10.2 Å². The summed E-state index contributed by atoms with van der Waals surface area (Å²) in [6.07, 6.45) is 1.40. The van der Waals surface area contributed by atoms with Crippen LogP contribution in [0, 0.1) is 0 Å². The van der Waals surface area contributed by atoms with E-state index in [-0.39, 0.29) is 30.5 Å². The molecular weight excluding hydrogens is 483 g/mol. The zero-order valence-electron chi connectivity index (χ0n) is 15.0. The molecule has 1 aliphatic rings. The minimum Gasteiger partial charge on any atom is -0.475 e. The van der Waals surface area contributed by atoms with Crippen LogP contribution in [0.1, 0.15) is 23.8 Å². The van der Waals surface area contributed by atoms with Gasteiger partial charge in [-0.1, -0.05) is 23.7 Å². The number of anilines is 2. The van der Waals surface area contributed by atoms with Crippen LogP contribution in [0.4, 0.5) is 11.4 Å². The van der Waals surface area contributed by atoms with E-state index in [0.717, 1.165) is 16.9 Å². The van der Waals surface area contributed by atoms with Gasteiger partial charge in [-0.3, -0.25) is 9.78 Å². The van der Waals surface area contributed by atoms with Gasteiger partial charge in [-0.2, -0.15) is 0 Å². The fourth-order valence-corrected chi connectivity index (χ4v) is 3.60. The molecule has 1 aliphatic heterocycles. The average molecular weight is 500 g/mol. The maximum absolute atomic E-state index is 12.0. The van der Waals surface area contributed by atoms with Gasteiger partial charge in [0.15, 0.2) is 0 Å². The van der Waals surface area contributed by atoms with Gasteiger partial charge in [-0.25, -0.2) is 5.10 Å². The summed E-state index contributed by atoms with van der Waals surface area (Å²) in [5, 5.41) is 17.4. The normalized spacial score (nSPS) is 13.1. The first-order chi connectivity index (χ1) is 13.5. The van der Waals surface area contributed by atoms with Gasteiger partial charge in [-0.15, -0.1) is 17.5 Å². The first kappa shape index (κ1) is 21.6. The van der Waals surface area contributed by atoms with E-state index in [1.54, 1.807) is 30.5 Å². The molecule has 0 saturated heterocycles. The van der Waals surface area contributed by atoms with Crippen LogP contribution in [-0.2, 0) is 6.54 Å². The number of H-pyrrole nitrogens is 1. The van der Waals surface area contributed by atoms with E-state index >= 15 is 0 Å². The number of hydrogen-bond acceptors (Lipinski definition) is 6. The lowest BCUT2D eigenvalue weighted by atomic mass is 10.1. The van der Waals surface area contributed by atoms with Crippen LogP contribution in [0.2, 0.25) is 5.02 Å². The lowest BCUT2D eigenvalue weighted by Crippen LogP contribution is -2.31. The monoisotopic (exact) mass is 498 g/mol. The highest BCUT2D eigenvalue weighted by Crippen LogP contribution is 2.44. The van der Waals surface area contributed by atoms with Gasteiger partial charge >= 0.3 is 0 Å². The Morgan fingerprint density at radius 2 is 2.07 bits per heavy atom. The molecule has 0 amide bonds. The second kappa shape index (κ2) is 9.13. The molecule has 1 aromatic carbocycles. The second-order valence-corrected chi connectivity index (χ2v) is 7.51. The molecule has 29 heavy (non-hydrogen) atoms. The number of aromatic amines is 1. The molecule has 4 rings (SSSR count). The average Bonchev–Trinajstić information content (AvgIpc) is 2.68. The Morgan fingerprint density at radius 3 is 2.79 bits per heavy atom. The van der Waals surface area contributed by atoms with Gasteiger partial charge in [0.2, 0.25) is 0 Å². The Bertz CT molecular complexity index is 1060. The van der Waals surface area contributed by atoms with E-state index in [0.29, 0.717) is 28.1 Å². The lowest BCUT2D eigenvalue weighted by Gasteiger charge is -2.35. The van der Waals surface area contributed by atoms with Crippen LogP contribution in [0.3, 0.4) is 0 Å². The van der Waals surface area contributed by atoms with E-state index in [4.69, 9.17) is 16.3 Å². The van der Waals surface area contributed by atoms with Crippen molar-refractivity contribution < 1.29 is 9.84 Å². The second-order valence-electron chi connectivity index (χ2n) is 6.28. The molecule has 2 N–H and O–H groups in total. The number of aromatic nitrogens is 3. The van der Waals surface area contributed by atoms with Crippen LogP contribution >= 0.6 is 39.9 Å². The summed E-state index contributed by atoms with van der Waals surface area (Å²) in [5.74, 6) is 0.282. The summed E-state index contributed by atoms with van der Waals surface area (Å²) in [6, 6.07) is 10.8. The van der Waals surface area contributed by atoms with Crippen molar-refractivity contribution in [3.8, 4) is 5.88 Å². The summed E-state index contributed by atoms with van der Waals surface area (Å²) in [7, 11) is 0. The number of nitrogens with zero attached hydrogens (tertiary/aromatic N) is 3. The fourth-order valence-electron chi connectivity index (χ4n) is 3.00. The zero-order chi connectivity index (χ0) is 19.7. The smallest absolute Gasteiger partial charge is 0.280 e. The third kappa shape index (κ3) is 4.40. The molecule has 0 bridgehead atoms. The van der Waals surface area contributed by atoms with E-state index in [2.05, 4.69) is 31.1 Å². The number of fused-ring (bicyclic) bond motifs is 1. The molecule has 7 nitrogen and oxygen atoms in total. The van der Waals surface area contributed by atoms with Gasteiger partial charge in [0, 0.05) is 17.6 Å². The van der Waals surface area contributed by atoms with Crippen molar-refractivity contribution in [1.82, 2.24) is 15.2 Å². The Kier molecular flexibility index (Phi) is 6.79. The molecule has 0 unspecified atom stereocenters. The van der Waals surface area contributed by atoms with Crippen LogP contribution < -0.4 is 15.2 Å². The highest BCUT2D eigenvalue weighted by Gasteiger charge is 2.31. The van der Waals surface area contributed by atoms with Crippen molar-refractivity contribution >= 4 is 51.3 Å². The van der Waals surface area contributed by atoms with E-state index in [1.807, 2.05) is 17.0 Å². The predicted molar refractivity (Wildman–Crippen MR) is 116 cm³/mol. The Morgan fingerprint density at radius 1 is 1.31 bits per heavy atom. The minimum atomic E-state index is -0.694. The number of aliphatic hydroxyl groups is 1. The molecule has 0 radical (unpaired) electrons. The first-order valence-corrected chi connectivity index (χ1v) is 9.77. The maximum Gasteiger partial charge on any atom is 0.280 e. The zero-order valence-corrected chi connectivity index (χ0v) is 18.2. The number of hydrogen-bond donors (Lipinski definition) is 2. The summed E-state index contributed by atoms with van der Waals surface area (Å²) in [5.41, 5.74) is 2.80. The molecule has 3 aromatic rings. The quantitative estimate of drug-likeness (QED) is 0.529. The van der Waals surface area contributed by atoms with Gasteiger partial charge in [-0.05, 0) is 45.8 Å². The van der Waals surface area contributed by atoms with E-state index in [9.17, 15) is 9.90 Å². The van der Waals surface area contributed by atoms with Gasteiger partial charge in [0.25, 0.3) is 11.4 Å². The molecule has 0 spiro atoms. The molecule has 2 aromatic heterocycles. The number of pyridine rings is 1. The summed E-state index contributed by atoms with van der Waals surface area (Å²) >= 11 is 9.21. The summed E-state index contributed by atoms with van der Waals surface area (Å²) in [4.78, 5) is 18.2. The maximum atomic E-state index is 12.0. The van der Waals surface area contributed by atoms with Crippen LogP contribution in [0.25, 0.3) is 0 Å². The standard InChI is InChI=1S/C19H16BrClN4O3.ClH/c20-16-17(25-10-13-14(25)2-1-8-22-13)19(24-23-18(16)27)28-9-7-15(26)11-3-5-12(21)6-4-11;/h1-6,8,15,26H,7,9-10H2,(H,23,27);1H/t15-;/m0./s1.